The van der Waals surface area contributed by atoms with Crippen molar-refractivity contribution < 1.29 is 168 Å². The molecule has 0 aliphatic heterocycles. The number of hydrogen-bond acceptors (Lipinski definition) is 43. The lowest BCUT2D eigenvalue weighted by molar-refractivity contribution is -0.141. The molecule has 50 nitrogen and oxygen atoms in total. The number of Topliss-reactive ketones (excluding diaryl/α,β-unsaturated/α-hetero) is 1. The summed E-state index contributed by atoms with van der Waals surface area (Å²) in [5, 5.41) is 67.0. The van der Waals surface area contributed by atoms with Crippen molar-refractivity contribution in [2.45, 2.75) is 33.1 Å². The number of phosphoric ester groups is 6. The Balaban J connectivity index is -0.000000362. The number of fused-ring (bicyclic) bond motifs is 6. The molecule has 0 fully saturated rings. The SMILES string of the molecule is CC(=O)CCOP(=O)(O)O.CCOCOP(=O)(O)O.CNC(=O)CCOP(=O)(O)O.CNCOP(=O)(O)O.COC(=O)CCOP(=O)(O)O.COCOP(=O)(O)O.CSC#N.CSC#N.CSC#N.CSC#N.CSC#N.CSC#N.O=c1ccc2ccccc2o1.O=c1ccc2ccccc2o1.O=c1ccc2ccccc2o1.O=c1ccc2ccccc2o1.O=c1ccc2ccccc2o1.O=c1ccc2ccccc2o1. The zero-order valence-corrected chi connectivity index (χ0v) is 90.1. The fourth-order valence-corrected chi connectivity index (χ4v) is 9.31. The van der Waals surface area contributed by atoms with Crippen molar-refractivity contribution in [2.24, 2.45) is 0 Å². The van der Waals surface area contributed by atoms with Gasteiger partial charge >= 0.3 is 86.7 Å². The van der Waals surface area contributed by atoms with E-state index in [2.05, 4.69) is 52.0 Å². The van der Waals surface area contributed by atoms with Gasteiger partial charge in [0.25, 0.3) is 0 Å². The van der Waals surface area contributed by atoms with Crippen molar-refractivity contribution in [3.63, 3.8) is 0 Å². The van der Waals surface area contributed by atoms with E-state index in [0.717, 1.165) is 103 Å². The molecule has 147 heavy (non-hydrogen) atoms. The number of phosphoric acid groups is 6. The summed E-state index contributed by atoms with van der Waals surface area (Å²) in [5.74, 6) is -1.05. The Kier molecular flexibility index (Phi) is 90.7. The van der Waals surface area contributed by atoms with Crippen LogP contribution in [0, 0.1) is 64.0 Å². The van der Waals surface area contributed by atoms with Gasteiger partial charge in [0, 0.05) is 95.9 Å². The van der Waals surface area contributed by atoms with Gasteiger partial charge in [-0.1, -0.05) is 109 Å². The minimum Gasteiger partial charge on any atom is -0.469 e. The molecule has 0 atom stereocenters. The molecule has 6 aromatic carbocycles. The number of hydrogen-bond donors (Lipinski definition) is 14. The number of carbonyl (C=O) groups excluding carboxylic acids is 3. The van der Waals surface area contributed by atoms with Crippen LogP contribution in [0.1, 0.15) is 33.1 Å². The largest absolute Gasteiger partial charge is 0.471 e. The van der Waals surface area contributed by atoms with E-state index in [4.69, 9.17) is 117 Å². The Morgan fingerprint density at radius 2 is 0.524 bits per heavy atom. The molecule has 0 saturated heterocycles. The number of ether oxygens (including phenoxy) is 3. The van der Waals surface area contributed by atoms with Crippen LogP contribution in [0.15, 0.2) is 274 Å². The van der Waals surface area contributed by atoms with Crippen LogP contribution in [0.3, 0.4) is 0 Å². The number of thiocyanates is 6. The number of carbonyl (C=O) groups is 3. The first-order chi connectivity index (χ1) is 69.2. The molecule has 0 saturated carbocycles. The number of esters is 1. The quantitative estimate of drug-likeness (QED) is 0.00748. The van der Waals surface area contributed by atoms with Crippen molar-refractivity contribution in [2.75, 3.05) is 113 Å². The maximum absolute atomic E-state index is 10.7. The van der Waals surface area contributed by atoms with Crippen LogP contribution in [-0.2, 0) is 83.1 Å². The van der Waals surface area contributed by atoms with Crippen LogP contribution in [0.5, 0.6) is 0 Å². The van der Waals surface area contributed by atoms with Crippen LogP contribution in [0.2, 0.25) is 0 Å². The van der Waals surface area contributed by atoms with Gasteiger partial charge in [-0.25, -0.2) is 56.2 Å². The molecule has 6 heterocycles. The number of rotatable bonds is 22. The summed E-state index contributed by atoms with van der Waals surface area (Å²) in [6.45, 7) is 1.68. The number of nitrogens with zero attached hydrogens (tertiary/aromatic N) is 6. The second-order valence-electron chi connectivity index (χ2n) is 24.1. The molecular formula is C85H106N8O42P6S6. The molecule has 6 aromatic heterocycles. The lowest BCUT2D eigenvalue weighted by Gasteiger charge is -2.03. The number of para-hydroxylation sites is 6. The maximum atomic E-state index is 10.7. The third kappa shape index (κ3) is 97.9. The topological polar surface area (TPSA) is 828 Å². The van der Waals surface area contributed by atoms with E-state index in [9.17, 15) is 70.5 Å². The second-order valence-corrected chi connectivity index (χ2v) is 35.1. The zero-order chi connectivity index (χ0) is 113. The molecule has 0 unspecified atom stereocenters. The Bertz CT molecular complexity index is 5860. The summed E-state index contributed by atoms with van der Waals surface area (Å²) in [6.07, 6.45) is 10.2. The first kappa shape index (κ1) is 146. The summed E-state index contributed by atoms with van der Waals surface area (Å²) < 4.78 is 125. The highest BCUT2D eigenvalue weighted by atomic mass is 32.2. The van der Waals surface area contributed by atoms with Gasteiger partial charge in [0.05, 0.1) is 39.8 Å². The fourth-order valence-electron chi connectivity index (χ4n) is 7.57. The summed E-state index contributed by atoms with van der Waals surface area (Å²) >= 11 is 6.97. The molecule has 804 valence electrons. The van der Waals surface area contributed by atoms with E-state index in [1.165, 1.54) is 71.6 Å². The molecule has 1 amide bonds. The van der Waals surface area contributed by atoms with Gasteiger partial charge in [-0.15, -0.1) is 0 Å². The van der Waals surface area contributed by atoms with E-state index in [1.807, 2.05) is 142 Å². The Morgan fingerprint density at radius 1 is 0.320 bits per heavy atom. The van der Waals surface area contributed by atoms with Crippen molar-refractivity contribution >= 4 is 201 Å². The van der Waals surface area contributed by atoms with Crippen LogP contribution >= 0.6 is 118 Å². The van der Waals surface area contributed by atoms with Gasteiger partial charge in [-0.2, -0.15) is 31.6 Å². The average molecular weight is 2290 g/mol. The number of ketones is 1. The van der Waals surface area contributed by atoms with Crippen LogP contribution in [0.25, 0.3) is 65.8 Å². The van der Waals surface area contributed by atoms with Crippen molar-refractivity contribution in [1.29, 1.82) is 31.6 Å². The molecule has 0 spiro atoms. The monoisotopic (exact) mass is 2290 g/mol. The van der Waals surface area contributed by atoms with Crippen LogP contribution < -0.4 is 44.4 Å². The molecular weight excluding hydrogens is 2180 g/mol. The van der Waals surface area contributed by atoms with Gasteiger partial charge in [0.15, 0.2) is 13.6 Å². The first-order valence-electron chi connectivity index (χ1n) is 39.3. The summed E-state index contributed by atoms with van der Waals surface area (Å²) in [7, 11) is -20.7. The summed E-state index contributed by atoms with van der Waals surface area (Å²) in [5.41, 5.74) is 2.02. The normalized spacial score (nSPS) is 9.86. The molecule has 0 aliphatic carbocycles. The van der Waals surface area contributed by atoms with Gasteiger partial charge in [0.1, 0.15) is 78.4 Å². The predicted octanol–water partition coefficient (Wildman–Crippen LogP) is 13.8. The summed E-state index contributed by atoms with van der Waals surface area (Å²) in [4.78, 5) is 192. The van der Waals surface area contributed by atoms with E-state index >= 15 is 0 Å². The maximum Gasteiger partial charge on any atom is 0.471 e. The molecule has 12 rings (SSSR count). The number of nitriles is 6. The number of thioether (sulfide) groups is 6. The highest BCUT2D eigenvalue weighted by molar-refractivity contribution is 8.04. The van der Waals surface area contributed by atoms with Gasteiger partial charge in [0.2, 0.25) is 5.91 Å². The van der Waals surface area contributed by atoms with E-state index < -0.39 is 52.9 Å². The lowest BCUT2D eigenvalue weighted by Crippen LogP contribution is -2.18. The number of benzene rings is 6. The Labute approximate surface area is 865 Å². The van der Waals surface area contributed by atoms with Gasteiger partial charge in [-0.05, 0) is 202 Å². The van der Waals surface area contributed by atoms with Crippen molar-refractivity contribution in [3.05, 3.63) is 281 Å². The Hall–Kier alpha value is -11.2. The number of methoxy groups -OCH3 is 2. The Morgan fingerprint density at radius 3 is 0.687 bits per heavy atom. The smallest absolute Gasteiger partial charge is 0.469 e. The molecule has 0 aliphatic rings. The van der Waals surface area contributed by atoms with Gasteiger partial charge < -0.3 is 105 Å². The van der Waals surface area contributed by atoms with Crippen molar-refractivity contribution in [3.8, 4) is 32.4 Å². The van der Waals surface area contributed by atoms with Gasteiger partial charge in [-0.3, -0.25) is 46.8 Å². The molecule has 62 heteroatoms. The standard InChI is InChI=1S/6C9H6O2.C4H10NO5P.C4H9O6P.C4H9O5P.C3H9O5P.C2H8NO4P.6C2H3NS.C2H7O5P/c6*10-9-6-5-7-3-1-2-4-8(7)11-9;1-5-4(6)2-3-10-11(7,8)9;1-9-4(5)2-3-10-11(6,7)8;1-4(5)2-3-9-10(6,7)8;1-2-7-3-8-9(4,5)6;1-3-2-7-8(4,5)6;6*1-4-2-3;1-6-2-7-8(3,4)5/h6*1-6H;2-3H2,1H3,(H,5,6)(H2,7,8,9);2-3H2,1H3,(H2,6,7,8);2-3H2,1H3,(H2,6,7,8);2-3H2,1H3,(H2,4,5,6);3H,2H2,1H3,(H2,4,5,6);6*1H3;2H2,1H3,(H2,3,4,5). The minimum absolute atomic E-state index is 0.0328. The first-order valence-corrected chi connectivity index (χ1v) is 55.8. The summed E-state index contributed by atoms with van der Waals surface area (Å²) in [6, 6.07) is 63.5. The fraction of sp³-hybridized carbons (Fsp3) is 0.259. The zero-order valence-electron chi connectivity index (χ0n) is 79.8. The van der Waals surface area contributed by atoms with E-state index in [-0.39, 0.29) is 105 Å². The number of amides is 1. The highest BCUT2D eigenvalue weighted by Gasteiger charge is 2.17. The predicted molar refractivity (Wildman–Crippen MR) is 556 cm³/mol. The minimum atomic E-state index is -4.44. The van der Waals surface area contributed by atoms with Crippen molar-refractivity contribution in [1.82, 2.24) is 10.6 Å². The molecule has 12 aromatic rings. The third-order valence-corrected chi connectivity index (χ3v) is 17.3. The van der Waals surface area contributed by atoms with E-state index in [1.54, 1.807) is 117 Å². The molecule has 0 radical (unpaired) electrons. The molecule has 14 N–H and O–H groups in total. The molecule has 0 bridgehead atoms. The second kappa shape index (κ2) is 91.0. The lowest BCUT2D eigenvalue weighted by atomic mass is 10.2. The van der Waals surface area contributed by atoms with E-state index in [0.29, 0.717) is 40.1 Å². The highest BCUT2D eigenvalue weighted by Crippen LogP contribution is 2.38. The van der Waals surface area contributed by atoms with Crippen LogP contribution in [0.4, 0.5) is 0 Å². The average Bonchev–Trinajstić information content (AvgIpc) is 0.876. The third-order valence-electron chi connectivity index (χ3n) is 13.3. The number of nitrogens with one attached hydrogen (secondary N) is 2. The van der Waals surface area contributed by atoms with Crippen LogP contribution in [-0.4, -0.2) is 189 Å².